The molecule has 0 bridgehead atoms. The summed E-state index contributed by atoms with van der Waals surface area (Å²) < 4.78 is 0. The smallest absolute Gasteiger partial charge is 0.229 e. The van der Waals surface area contributed by atoms with Crippen molar-refractivity contribution in [3.05, 3.63) is 0 Å². The Labute approximate surface area is 146 Å². The van der Waals surface area contributed by atoms with Crippen molar-refractivity contribution >= 4 is 11.8 Å². The van der Waals surface area contributed by atoms with Gasteiger partial charge in [-0.3, -0.25) is 9.59 Å². The third kappa shape index (κ3) is 2.86. The molecule has 3 aliphatic rings. The van der Waals surface area contributed by atoms with Crippen LogP contribution in [-0.4, -0.2) is 47.8 Å². The third-order valence-electron chi connectivity index (χ3n) is 7.31. The lowest BCUT2D eigenvalue weighted by atomic mass is 9.64. The minimum Gasteiger partial charge on any atom is -0.342 e. The van der Waals surface area contributed by atoms with E-state index in [2.05, 4.69) is 30.6 Å². The zero-order chi connectivity index (χ0) is 17.4. The van der Waals surface area contributed by atoms with E-state index in [1.807, 2.05) is 0 Å². The molecule has 0 spiro atoms. The Kier molecular flexibility index (Phi) is 4.94. The summed E-state index contributed by atoms with van der Waals surface area (Å²) in [5.41, 5.74) is -0.670. The summed E-state index contributed by atoms with van der Waals surface area (Å²) in [7, 11) is 0. The van der Waals surface area contributed by atoms with E-state index in [-0.39, 0.29) is 11.3 Å². The maximum absolute atomic E-state index is 13.3. The van der Waals surface area contributed by atoms with Gasteiger partial charge in [0.2, 0.25) is 11.8 Å². The molecular formula is C20H34N2O2. The first-order valence-corrected chi connectivity index (χ1v) is 9.96. The standard InChI is InChI=1S/C20H34N2O2/c1-19(2)16(17(23)21-12-6-4-7-13-21)10-11-20(19,3)18(24)22-14-8-5-9-15-22/h16H,4-15H2,1-3H3/t16-,20-/m0/s1. The summed E-state index contributed by atoms with van der Waals surface area (Å²) in [6, 6.07) is 0. The maximum atomic E-state index is 13.3. The van der Waals surface area contributed by atoms with E-state index in [9.17, 15) is 9.59 Å². The molecule has 2 saturated heterocycles. The lowest BCUT2D eigenvalue weighted by Gasteiger charge is -2.44. The van der Waals surface area contributed by atoms with Crippen LogP contribution in [0.5, 0.6) is 0 Å². The predicted octanol–water partition coefficient (Wildman–Crippen LogP) is 3.45. The van der Waals surface area contributed by atoms with Gasteiger partial charge in [-0.25, -0.2) is 0 Å². The summed E-state index contributed by atoms with van der Waals surface area (Å²) in [4.78, 5) is 30.5. The molecule has 0 N–H and O–H groups in total. The molecule has 4 heteroatoms. The van der Waals surface area contributed by atoms with Crippen LogP contribution in [-0.2, 0) is 9.59 Å². The molecule has 2 amide bonds. The Balaban J connectivity index is 1.76. The Hall–Kier alpha value is -1.06. The Morgan fingerprint density at radius 3 is 1.83 bits per heavy atom. The molecule has 0 aromatic carbocycles. The first-order valence-electron chi connectivity index (χ1n) is 9.96. The third-order valence-corrected chi connectivity index (χ3v) is 7.31. The number of hydrogen-bond donors (Lipinski definition) is 0. The molecule has 136 valence electrons. The highest BCUT2D eigenvalue weighted by Gasteiger charge is 2.59. The fraction of sp³-hybridized carbons (Fsp3) is 0.900. The Morgan fingerprint density at radius 2 is 1.29 bits per heavy atom. The second kappa shape index (κ2) is 6.68. The topological polar surface area (TPSA) is 40.6 Å². The number of piperidine rings is 2. The van der Waals surface area contributed by atoms with E-state index >= 15 is 0 Å². The van der Waals surface area contributed by atoms with Crippen LogP contribution < -0.4 is 0 Å². The van der Waals surface area contributed by atoms with E-state index in [0.29, 0.717) is 11.8 Å². The van der Waals surface area contributed by atoms with E-state index in [0.717, 1.165) is 64.7 Å². The first kappa shape index (κ1) is 17.8. The number of rotatable bonds is 2. The number of likely N-dealkylation sites (tertiary alicyclic amines) is 2. The average Bonchev–Trinajstić information content (AvgIpc) is 2.86. The second-order valence-electron chi connectivity index (χ2n) is 8.88. The van der Waals surface area contributed by atoms with Gasteiger partial charge in [-0.05, 0) is 56.8 Å². The van der Waals surface area contributed by atoms with E-state index in [4.69, 9.17) is 0 Å². The van der Waals surface area contributed by atoms with Crippen LogP contribution >= 0.6 is 0 Å². The molecule has 4 nitrogen and oxygen atoms in total. The number of amides is 2. The predicted molar refractivity (Wildman–Crippen MR) is 95.5 cm³/mol. The van der Waals surface area contributed by atoms with Crippen LogP contribution in [0.4, 0.5) is 0 Å². The van der Waals surface area contributed by atoms with Crippen molar-refractivity contribution in [3.63, 3.8) is 0 Å². The average molecular weight is 335 g/mol. The summed E-state index contributed by atoms with van der Waals surface area (Å²) in [6.07, 6.45) is 8.68. The number of carbonyl (C=O) groups is 2. The van der Waals surface area contributed by atoms with Gasteiger partial charge in [0.1, 0.15) is 0 Å². The van der Waals surface area contributed by atoms with E-state index < -0.39 is 5.41 Å². The van der Waals surface area contributed by atoms with Crippen LogP contribution in [0.3, 0.4) is 0 Å². The normalized spacial score (nSPS) is 33.5. The maximum Gasteiger partial charge on any atom is 0.229 e. The van der Waals surface area contributed by atoms with Crippen molar-refractivity contribution in [2.75, 3.05) is 26.2 Å². The van der Waals surface area contributed by atoms with Gasteiger partial charge in [0, 0.05) is 32.1 Å². The highest BCUT2D eigenvalue weighted by molar-refractivity contribution is 5.87. The van der Waals surface area contributed by atoms with Crippen LogP contribution in [0.25, 0.3) is 0 Å². The van der Waals surface area contributed by atoms with Crippen LogP contribution in [0.1, 0.15) is 72.1 Å². The van der Waals surface area contributed by atoms with Gasteiger partial charge in [-0.2, -0.15) is 0 Å². The fourth-order valence-electron chi connectivity index (χ4n) is 5.10. The zero-order valence-electron chi connectivity index (χ0n) is 15.8. The number of nitrogens with zero attached hydrogens (tertiary/aromatic N) is 2. The summed E-state index contributed by atoms with van der Waals surface area (Å²) >= 11 is 0. The SMILES string of the molecule is CC1(C)[C@H](C(=O)N2CCCCC2)CC[C@@]1(C)C(=O)N1CCCCC1. The monoisotopic (exact) mass is 334 g/mol. The van der Waals surface area contributed by atoms with Crippen LogP contribution in [0.2, 0.25) is 0 Å². The molecule has 2 aliphatic heterocycles. The van der Waals surface area contributed by atoms with E-state index in [1.165, 1.54) is 12.8 Å². The minimum absolute atomic E-state index is 0.00524. The van der Waals surface area contributed by atoms with Crippen molar-refractivity contribution < 1.29 is 9.59 Å². The Morgan fingerprint density at radius 1 is 0.792 bits per heavy atom. The lowest BCUT2D eigenvalue weighted by Crippen LogP contribution is -2.52. The fourth-order valence-corrected chi connectivity index (χ4v) is 5.10. The molecule has 0 aromatic rings. The molecule has 1 saturated carbocycles. The molecule has 24 heavy (non-hydrogen) atoms. The van der Waals surface area contributed by atoms with Crippen molar-refractivity contribution in [1.82, 2.24) is 9.80 Å². The molecule has 3 rings (SSSR count). The number of carbonyl (C=O) groups excluding carboxylic acids is 2. The highest BCUT2D eigenvalue weighted by atomic mass is 16.2. The van der Waals surface area contributed by atoms with Gasteiger partial charge in [0.25, 0.3) is 0 Å². The second-order valence-corrected chi connectivity index (χ2v) is 8.88. The summed E-state index contributed by atoms with van der Waals surface area (Å²) in [5, 5.41) is 0. The van der Waals surface area contributed by atoms with Crippen molar-refractivity contribution in [2.45, 2.75) is 72.1 Å². The van der Waals surface area contributed by atoms with Gasteiger partial charge >= 0.3 is 0 Å². The molecule has 0 unspecified atom stereocenters. The molecule has 2 heterocycles. The molecule has 2 atom stereocenters. The molecule has 3 fully saturated rings. The van der Waals surface area contributed by atoms with Gasteiger partial charge in [-0.15, -0.1) is 0 Å². The summed E-state index contributed by atoms with van der Waals surface area (Å²) in [6.45, 7) is 10.0. The van der Waals surface area contributed by atoms with E-state index in [1.54, 1.807) is 0 Å². The van der Waals surface area contributed by atoms with Crippen molar-refractivity contribution in [1.29, 1.82) is 0 Å². The van der Waals surface area contributed by atoms with Crippen LogP contribution in [0, 0.1) is 16.7 Å². The van der Waals surface area contributed by atoms with Crippen molar-refractivity contribution in [2.24, 2.45) is 16.7 Å². The summed E-state index contributed by atoms with van der Waals surface area (Å²) in [5.74, 6) is 0.588. The molecule has 1 aliphatic carbocycles. The molecular weight excluding hydrogens is 300 g/mol. The quantitative estimate of drug-likeness (QED) is 0.776. The van der Waals surface area contributed by atoms with Gasteiger partial charge in [0.05, 0.1) is 5.41 Å². The number of hydrogen-bond acceptors (Lipinski definition) is 2. The zero-order valence-corrected chi connectivity index (χ0v) is 15.8. The van der Waals surface area contributed by atoms with Crippen LogP contribution in [0.15, 0.2) is 0 Å². The highest BCUT2D eigenvalue weighted by Crippen LogP contribution is 2.57. The largest absolute Gasteiger partial charge is 0.342 e. The molecule has 0 aromatic heterocycles. The lowest BCUT2D eigenvalue weighted by molar-refractivity contribution is -0.151. The molecule has 0 radical (unpaired) electrons. The Bertz CT molecular complexity index is 490. The van der Waals surface area contributed by atoms with Gasteiger partial charge in [0.15, 0.2) is 0 Å². The van der Waals surface area contributed by atoms with Gasteiger partial charge < -0.3 is 9.80 Å². The van der Waals surface area contributed by atoms with Gasteiger partial charge in [-0.1, -0.05) is 20.8 Å². The minimum atomic E-state index is -0.402. The van der Waals surface area contributed by atoms with Crippen molar-refractivity contribution in [3.8, 4) is 0 Å². The first-order chi connectivity index (χ1) is 11.4.